The number of anilines is 1. The SMILES string of the molecule is O=C(O)CCCNc1ccc(F)cc1Br. The van der Waals surface area contributed by atoms with Crippen LogP contribution >= 0.6 is 15.9 Å². The highest BCUT2D eigenvalue weighted by molar-refractivity contribution is 9.10. The number of benzene rings is 1. The summed E-state index contributed by atoms with van der Waals surface area (Å²) >= 11 is 3.21. The molecular formula is C10H11BrFNO2. The van der Waals surface area contributed by atoms with Gasteiger partial charge >= 0.3 is 5.97 Å². The van der Waals surface area contributed by atoms with Crippen LogP contribution in [0.1, 0.15) is 12.8 Å². The number of carboxylic acids is 1. The highest BCUT2D eigenvalue weighted by atomic mass is 79.9. The number of halogens is 2. The summed E-state index contributed by atoms with van der Waals surface area (Å²) in [6, 6.07) is 4.32. The van der Waals surface area contributed by atoms with E-state index >= 15 is 0 Å². The third-order valence-electron chi connectivity index (χ3n) is 1.81. The van der Waals surface area contributed by atoms with Crippen molar-refractivity contribution in [2.24, 2.45) is 0 Å². The summed E-state index contributed by atoms with van der Waals surface area (Å²) in [6.45, 7) is 0.552. The quantitative estimate of drug-likeness (QED) is 0.813. The van der Waals surface area contributed by atoms with E-state index in [0.29, 0.717) is 17.4 Å². The Kier molecular flexibility index (Phi) is 4.55. The van der Waals surface area contributed by atoms with E-state index in [0.717, 1.165) is 5.69 Å². The summed E-state index contributed by atoms with van der Waals surface area (Å²) in [5, 5.41) is 11.4. The van der Waals surface area contributed by atoms with E-state index in [1.165, 1.54) is 12.1 Å². The topological polar surface area (TPSA) is 49.3 Å². The minimum absolute atomic E-state index is 0.131. The van der Waals surface area contributed by atoms with Crippen molar-refractivity contribution < 1.29 is 14.3 Å². The Morgan fingerprint density at radius 2 is 2.27 bits per heavy atom. The Labute approximate surface area is 95.4 Å². The number of aliphatic carboxylic acids is 1. The van der Waals surface area contributed by atoms with Crippen LogP contribution in [0.4, 0.5) is 10.1 Å². The summed E-state index contributed by atoms with van der Waals surface area (Å²) in [5.74, 6) is -1.12. The van der Waals surface area contributed by atoms with Crippen molar-refractivity contribution in [3.63, 3.8) is 0 Å². The molecule has 0 spiro atoms. The van der Waals surface area contributed by atoms with Gasteiger partial charge in [0, 0.05) is 23.1 Å². The average molecular weight is 276 g/mol. The molecule has 0 aromatic heterocycles. The van der Waals surface area contributed by atoms with E-state index < -0.39 is 5.97 Å². The normalized spacial score (nSPS) is 10.0. The summed E-state index contributed by atoms with van der Waals surface area (Å²) in [4.78, 5) is 10.2. The lowest BCUT2D eigenvalue weighted by molar-refractivity contribution is -0.137. The standard InChI is InChI=1S/C10H11BrFNO2/c11-8-6-7(12)3-4-9(8)13-5-1-2-10(14)15/h3-4,6,13H,1-2,5H2,(H,14,15). The molecule has 0 saturated carbocycles. The summed E-state index contributed by atoms with van der Waals surface area (Å²) in [7, 11) is 0. The van der Waals surface area contributed by atoms with Crippen LogP contribution in [-0.4, -0.2) is 17.6 Å². The second kappa shape index (κ2) is 5.70. The fraction of sp³-hybridized carbons (Fsp3) is 0.300. The van der Waals surface area contributed by atoms with Gasteiger partial charge < -0.3 is 10.4 Å². The van der Waals surface area contributed by atoms with Crippen molar-refractivity contribution in [3.8, 4) is 0 Å². The van der Waals surface area contributed by atoms with E-state index in [1.54, 1.807) is 6.07 Å². The molecule has 0 fully saturated rings. The van der Waals surface area contributed by atoms with Gasteiger partial charge in [0.1, 0.15) is 5.82 Å². The predicted octanol–water partition coefficient (Wildman–Crippen LogP) is 2.86. The summed E-state index contributed by atoms with van der Waals surface area (Å²) in [6.07, 6.45) is 0.672. The maximum Gasteiger partial charge on any atom is 0.303 e. The van der Waals surface area contributed by atoms with Gasteiger partial charge in [-0.15, -0.1) is 0 Å². The molecule has 0 amide bonds. The van der Waals surface area contributed by atoms with Crippen LogP contribution in [0.3, 0.4) is 0 Å². The van der Waals surface area contributed by atoms with Crippen LogP contribution in [0.5, 0.6) is 0 Å². The predicted molar refractivity (Wildman–Crippen MR) is 59.5 cm³/mol. The number of hydrogen-bond acceptors (Lipinski definition) is 2. The van der Waals surface area contributed by atoms with Crippen molar-refractivity contribution in [2.75, 3.05) is 11.9 Å². The molecule has 0 radical (unpaired) electrons. The molecule has 2 N–H and O–H groups in total. The molecule has 0 unspecified atom stereocenters. The fourth-order valence-electron chi connectivity index (χ4n) is 1.10. The van der Waals surface area contributed by atoms with Gasteiger partial charge in [0.15, 0.2) is 0 Å². The van der Waals surface area contributed by atoms with E-state index in [-0.39, 0.29) is 12.2 Å². The monoisotopic (exact) mass is 275 g/mol. The molecule has 0 aliphatic rings. The van der Waals surface area contributed by atoms with Gasteiger partial charge in [-0.2, -0.15) is 0 Å². The number of hydrogen-bond donors (Lipinski definition) is 2. The second-order valence-corrected chi connectivity index (χ2v) is 3.90. The molecule has 0 bridgehead atoms. The van der Waals surface area contributed by atoms with Gasteiger partial charge in [-0.25, -0.2) is 4.39 Å². The van der Waals surface area contributed by atoms with Gasteiger partial charge in [-0.3, -0.25) is 4.79 Å². The Balaban J connectivity index is 2.40. The molecule has 0 heterocycles. The number of rotatable bonds is 5. The zero-order valence-corrected chi connectivity index (χ0v) is 9.55. The summed E-state index contributed by atoms with van der Waals surface area (Å²) in [5.41, 5.74) is 0.766. The lowest BCUT2D eigenvalue weighted by atomic mass is 10.3. The minimum Gasteiger partial charge on any atom is -0.481 e. The Bertz CT molecular complexity index is 357. The molecule has 0 saturated heterocycles. The van der Waals surface area contributed by atoms with Gasteiger partial charge in [0.05, 0.1) is 0 Å². The maximum atomic E-state index is 12.7. The molecule has 1 rings (SSSR count). The molecule has 0 aliphatic heterocycles. The van der Waals surface area contributed by atoms with Gasteiger partial charge in [0.25, 0.3) is 0 Å². The van der Waals surface area contributed by atoms with Crippen LogP contribution < -0.4 is 5.32 Å². The molecule has 5 heteroatoms. The Morgan fingerprint density at radius 3 is 2.87 bits per heavy atom. The largest absolute Gasteiger partial charge is 0.481 e. The Morgan fingerprint density at radius 1 is 1.53 bits per heavy atom. The minimum atomic E-state index is -0.810. The first-order valence-electron chi connectivity index (χ1n) is 4.50. The van der Waals surface area contributed by atoms with Crippen molar-refractivity contribution >= 4 is 27.6 Å². The molecule has 1 aromatic carbocycles. The van der Waals surface area contributed by atoms with Crippen LogP contribution in [-0.2, 0) is 4.79 Å². The van der Waals surface area contributed by atoms with Crippen molar-refractivity contribution in [2.45, 2.75) is 12.8 Å². The molecule has 1 aromatic rings. The zero-order valence-electron chi connectivity index (χ0n) is 7.96. The summed E-state index contributed by atoms with van der Waals surface area (Å²) < 4.78 is 13.3. The van der Waals surface area contributed by atoms with E-state index in [1.807, 2.05) is 0 Å². The van der Waals surface area contributed by atoms with Gasteiger partial charge in [0.2, 0.25) is 0 Å². The van der Waals surface area contributed by atoms with Crippen LogP contribution in [0, 0.1) is 5.82 Å². The highest BCUT2D eigenvalue weighted by Gasteiger charge is 2.01. The second-order valence-electron chi connectivity index (χ2n) is 3.05. The lowest BCUT2D eigenvalue weighted by Crippen LogP contribution is -2.05. The molecular weight excluding hydrogens is 265 g/mol. The molecule has 15 heavy (non-hydrogen) atoms. The first-order valence-corrected chi connectivity index (χ1v) is 5.29. The van der Waals surface area contributed by atoms with E-state index in [4.69, 9.17) is 5.11 Å². The van der Waals surface area contributed by atoms with Gasteiger partial charge in [-0.05, 0) is 40.5 Å². The number of carbonyl (C=O) groups is 1. The molecule has 82 valence electrons. The lowest BCUT2D eigenvalue weighted by Gasteiger charge is -2.07. The van der Waals surface area contributed by atoms with Crippen LogP contribution in [0.2, 0.25) is 0 Å². The average Bonchev–Trinajstić information content (AvgIpc) is 2.14. The fourth-order valence-corrected chi connectivity index (χ4v) is 1.59. The molecule has 3 nitrogen and oxygen atoms in total. The van der Waals surface area contributed by atoms with Crippen molar-refractivity contribution in [1.82, 2.24) is 0 Å². The third kappa shape index (κ3) is 4.29. The number of carboxylic acid groups (broad SMARTS) is 1. The zero-order chi connectivity index (χ0) is 11.3. The first kappa shape index (κ1) is 12.0. The Hall–Kier alpha value is -1.10. The first-order chi connectivity index (χ1) is 7.09. The van der Waals surface area contributed by atoms with E-state index in [9.17, 15) is 9.18 Å². The molecule has 0 aliphatic carbocycles. The van der Waals surface area contributed by atoms with Crippen molar-refractivity contribution in [1.29, 1.82) is 0 Å². The third-order valence-corrected chi connectivity index (χ3v) is 2.47. The smallest absolute Gasteiger partial charge is 0.303 e. The highest BCUT2D eigenvalue weighted by Crippen LogP contribution is 2.22. The van der Waals surface area contributed by atoms with Gasteiger partial charge in [-0.1, -0.05) is 0 Å². The van der Waals surface area contributed by atoms with Crippen LogP contribution in [0.25, 0.3) is 0 Å². The van der Waals surface area contributed by atoms with Crippen molar-refractivity contribution in [3.05, 3.63) is 28.5 Å². The van der Waals surface area contributed by atoms with Crippen LogP contribution in [0.15, 0.2) is 22.7 Å². The molecule has 0 atom stereocenters. The van der Waals surface area contributed by atoms with E-state index in [2.05, 4.69) is 21.2 Å². The maximum absolute atomic E-state index is 12.7. The number of nitrogens with one attached hydrogen (secondary N) is 1.